The second kappa shape index (κ2) is 12.0. The number of hydrogen-bond donors (Lipinski definition) is 1. The number of rotatable bonds is 10. The molecule has 4 nitrogen and oxygen atoms in total. The lowest BCUT2D eigenvalue weighted by atomic mass is 10.1. The highest BCUT2D eigenvalue weighted by atomic mass is 33.1. The second-order valence-corrected chi connectivity index (χ2v) is 10.7. The molecule has 2 aliphatic rings. The predicted molar refractivity (Wildman–Crippen MR) is 124 cm³/mol. The molecular weight excluding hydrogens is 386 g/mol. The van der Waals surface area contributed by atoms with Crippen molar-refractivity contribution in [2.45, 2.75) is 50.7 Å². The van der Waals surface area contributed by atoms with Crippen LogP contribution in [0.2, 0.25) is 0 Å². The van der Waals surface area contributed by atoms with E-state index in [2.05, 4.69) is 46.3 Å². The summed E-state index contributed by atoms with van der Waals surface area (Å²) in [5.74, 6) is 1.54. The Morgan fingerprint density at radius 1 is 1.18 bits per heavy atom. The standard InChI is InChI=1S/C22H35N3OS2/c1-19-6-4-7-20(18-19)25-15-13-24(14-16-25)12-5-11-23-22(26)9-3-2-8-21-10-17-27-28-21/h4,6-7,18,21H,2-3,5,8-17H2,1H3,(H,23,26). The maximum Gasteiger partial charge on any atom is 0.219 e. The molecule has 1 aromatic carbocycles. The molecule has 1 aromatic rings. The minimum absolute atomic E-state index is 0.234. The van der Waals surface area contributed by atoms with E-state index >= 15 is 0 Å². The van der Waals surface area contributed by atoms with Gasteiger partial charge in [-0.2, -0.15) is 0 Å². The van der Waals surface area contributed by atoms with Crippen molar-refractivity contribution in [3.63, 3.8) is 0 Å². The van der Waals surface area contributed by atoms with Crippen LogP contribution in [-0.2, 0) is 4.79 Å². The van der Waals surface area contributed by atoms with Crippen LogP contribution >= 0.6 is 21.6 Å². The number of nitrogens with zero attached hydrogens (tertiary/aromatic N) is 2. The van der Waals surface area contributed by atoms with Gasteiger partial charge in [-0.1, -0.05) is 40.1 Å². The van der Waals surface area contributed by atoms with Gasteiger partial charge in [0.15, 0.2) is 0 Å². The molecule has 1 amide bonds. The molecule has 0 spiro atoms. The summed E-state index contributed by atoms with van der Waals surface area (Å²) in [5.41, 5.74) is 2.67. The Balaban J connectivity index is 1.20. The molecule has 0 bridgehead atoms. The van der Waals surface area contributed by atoms with E-state index in [1.165, 1.54) is 36.3 Å². The van der Waals surface area contributed by atoms with E-state index in [0.29, 0.717) is 6.42 Å². The Bertz CT molecular complexity index is 599. The predicted octanol–water partition coefficient (Wildman–Crippen LogP) is 4.34. The Morgan fingerprint density at radius 2 is 2.04 bits per heavy atom. The molecule has 0 aromatic heterocycles. The maximum atomic E-state index is 12.0. The van der Waals surface area contributed by atoms with Gasteiger partial charge in [0.2, 0.25) is 5.91 Å². The molecule has 1 unspecified atom stereocenters. The first-order valence-corrected chi connectivity index (χ1v) is 13.2. The molecule has 2 fully saturated rings. The first-order chi connectivity index (χ1) is 13.7. The number of carbonyl (C=O) groups is 1. The number of carbonyl (C=O) groups excluding carboxylic acids is 1. The number of anilines is 1. The molecule has 2 heterocycles. The highest BCUT2D eigenvalue weighted by Gasteiger charge is 2.17. The number of benzene rings is 1. The fourth-order valence-electron chi connectivity index (χ4n) is 3.90. The molecule has 1 N–H and O–H groups in total. The van der Waals surface area contributed by atoms with Crippen LogP contribution in [0.25, 0.3) is 0 Å². The number of nitrogens with one attached hydrogen (secondary N) is 1. The van der Waals surface area contributed by atoms with Crippen molar-refractivity contribution in [3.8, 4) is 0 Å². The fourth-order valence-corrected chi connectivity index (χ4v) is 6.92. The summed E-state index contributed by atoms with van der Waals surface area (Å²) in [6, 6.07) is 8.79. The summed E-state index contributed by atoms with van der Waals surface area (Å²) in [6.45, 7) is 8.45. The van der Waals surface area contributed by atoms with E-state index in [1.54, 1.807) is 0 Å². The van der Waals surface area contributed by atoms with E-state index in [0.717, 1.165) is 57.4 Å². The number of aryl methyl sites for hydroxylation is 1. The number of hydrogen-bond acceptors (Lipinski definition) is 5. The van der Waals surface area contributed by atoms with Crippen LogP contribution in [0, 0.1) is 6.92 Å². The normalized spacial score (nSPS) is 20.5. The highest BCUT2D eigenvalue weighted by Crippen LogP contribution is 2.39. The van der Waals surface area contributed by atoms with Crippen molar-refractivity contribution in [1.82, 2.24) is 10.2 Å². The minimum atomic E-state index is 0.234. The largest absolute Gasteiger partial charge is 0.369 e. The van der Waals surface area contributed by atoms with Crippen LogP contribution in [0.1, 0.15) is 44.1 Å². The quantitative estimate of drug-likeness (QED) is 0.449. The average molecular weight is 422 g/mol. The van der Waals surface area contributed by atoms with E-state index < -0.39 is 0 Å². The van der Waals surface area contributed by atoms with Crippen molar-refractivity contribution >= 4 is 33.2 Å². The van der Waals surface area contributed by atoms with Crippen LogP contribution in [0.15, 0.2) is 24.3 Å². The molecule has 156 valence electrons. The average Bonchev–Trinajstić information content (AvgIpc) is 3.23. The fraction of sp³-hybridized carbons (Fsp3) is 0.682. The van der Waals surface area contributed by atoms with Gasteiger partial charge in [-0.15, -0.1) is 0 Å². The monoisotopic (exact) mass is 421 g/mol. The van der Waals surface area contributed by atoms with Crippen LogP contribution in [0.4, 0.5) is 5.69 Å². The number of piperazine rings is 1. The van der Waals surface area contributed by atoms with Gasteiger partial charge in [0.05, 0.1) is 0 Å². The molecule has 2 aliphatic heterocycles. The van der Waals surface area contributed by atoms with E-state index in [9.17, 15) is 4.79 Å². The SMILES string of the molecule is Cc1cccc(N2CCN(CCCNC(=O)CCCCC3CCSS3)CC2)c1. The summed E-state index contributed by atoms with van der Waals surface area (Å²) >= 11 is 0. The lowest BCUT2D eigenvalue weighted by molar-refractivity contribution is -0.121. The van der Waals surface area contributed by atoms with Gasteiger partial charge in [-0.05, 0) is 56.8 Å². The maximum absolute atomic E-state index is 12.0. The van der Waals surface area contributed by atoms with Crippen LogP contribution < -0.4 is 10.2 Å². The van der Waals surface area contributed by atoms with Gasteiger partial charge >= 0.3 is 0 Å². The Kier molecular flexibility index (Phi) is 9.35. The van der Waals surface area contributed by atoms with Crippen molar-refractivity contribution in [2.75, 3.05) is 49.9 Å². The van der Waals surface area contributed by atoms with Crippen molar-refractivity contribution in [1.29, 1.82) is 0 Å². The minimum Gasteiger partial charge on any atom is -0.369 e. The van der Waals surface area contributed by atoms with Crippen LogP contribution in [0.3, 0.4) is 0 Å². The summed E-state index contributed by atoms with van der Waals surface area (Å²) in [7, 11) is 4.04. The molecule has 1 atom stereocenters. The number of unbranched alkanes of at least 4 members (excludes halogenated alkanes) is 1. The third kappa shape index (κ3) is 7.53. The molecule has 0 saturated carbocycles. The molecule has 0 radical (unpaired) electrons. The molecular formula is C22H35N3OS2. The Morgan fingerprint density at radius 3 is 2.79 bits per heavy atom. The van der Waals surface area contributed by atoms with E-state index in [4.69, 9.17) is 0 Å². The summed E-state index contributed by atoms with van der Waals surface area (Å²) < 4.78 is 0. The molecule has 0 aliphatic carbocycles. The summed E-state index contributed by atoms with van der Waals surface area (Å²) in [4.78, 5) is 17.0. The van der Waals surface area contributed by atoms with Gasteiger partial charge < -0.3 is 10.2 Å². The van der Waals surface area contributed by atoms with Gasteiger partial charge in [-0.25, -0.2) is 0 Å². The van der Waals surface area contributed by atoms with Gasteiger partial charge in [-0.3, -0.25) is 9.69 Å². The molecule has 2 saturated heterocycles. The van der Waals surface area contributed by atoms with Crippen molar-refractivity contribution in [3.05, 3.63) is 29.8 Å². The molecule has 3 rings (SSSR count). The number of amides is 1. The topological polar surface area (TPSA) is 35.6 Å². The zero-order chi connectivity index (χ0) is 19.6. The molecule has 28 heavy (non-hydrogen) atoms. The van der Waals surface area contributed by atoms with Gasteiger partial charge in [0, 0.05) is 55.8 Å². The third-order valence-corrected chi connectivity index (χ3v) is 8.63. The van der Waals surface area contributed by atoms with Crippen molar-refractivity contribution < 1.29 is 4.79 Å². The zero-order valence-electron chi connectivity index (χ0n) is 17.2. The summed E-state index contributed by atoms with van der Waals surface area (Å²) in [5, 5.41) is 3.94. The Labute approximate surface area is 178 Å². The van der Waals surface area contributed by atoms with Crippen molar-refractivity contribution in [2.24, 2.45) is 0 Å². The van der Waals surface area contributed by atoms with Crippen LogP contribution in [-0.4, -0.2) is 61.1 Å². The lowest BCUT2D eigenvalue weighted by Crippen LogP contribution is -2.47. The summed E-state index contributed by atoms with van der Waals surface area (Å²) in [6.07, 6.45) is 6.59. The smallest absolute Gasteiger partial charge is 0.219 e. The van der Waals surface area contributed by atoms with Gasteiger partial charge in [0.1, 0.15) is 0 Å². The second-order valence-electron chi connectivity index (χ2n) is 7.95. The van der Waals surface area contributed by atoms with Crippen LogP contribution in [0.5, 0.6) is 0 Å². The van der Waals surface area contributed by atoms with E-state index in [-0.39, 0.29) is 5.91 Å². The third-order valence-electron chi connectivity index (χ3n) is 5.62. The molecule has 6 heteroatoms. The zero-order valence-corrected chi connectivity index (χ0v) is 18.8. The van der Waals surface area contributed by atoms with E-state index in [1.807, 2.05) is 21.6 Å². The Hall–Kier alpha value is -0.850. The highest BCUT2D eigenvalue weighted by molar-refractivity contribution is 8.77. The first-order valence-electron chi connectivity index (χ1n) is 10.8. The van der Waals surface area contributed by atoms with Gasteiger partial charge in [0.25, 0.3) is 0 Å². The lowest BCUT2D eigenvalue weighted by Gasteiger charge is -2.36. The first kappa shape index (κ1) is 21.8.